The summed E-state index contributed by atoms with van der Waals surface area (Å²) in [5.41, 5.74) is -0.602. The van der Waals surface area contributed by atoms with Gasteiger partial charge in [-0.2, -0.15) is 0 Å². The van der Waals surface area contributed by atoms with E-state index < -0.39 is 23.7 Å². The van der Waals surface area contributed by atoms with Gasteiger partial charge in [0.15, 0.2) is 0 Å². The van der Waals surface area contributed by atoms with Crippen LogP contribution in [0, 0.1) is 5.92 Å². The Bertz CT molecular complexity index is 372. The molecule has 0 saturated carbocycles. The SMILES string of the molecule is C=C[C@@H]1[C@H](C)C[C@H](C(=O)OC)N1C(=O)OC(C)(C)C. The lowest BCUT2D eigenvalue weighted by Crippen LogP contribution is -2.47. The maximum absolute atomic E-state index is 12.3. The highest BCUT2D eigenvalue weighted by molar-refractivity contribution is 5.82. The van der Waals surface area contributed by atoms with Crippen LogP contribution in [0.5, 0.6) is 0 Å². The van der Waals surface area contributed by atoms with Gasteiger partial charge in [0.25, 0.3) is 0 Å². The summed E-state index contributed by atoms with van der Waals surface area (Å²) in [7, 11) is 1.32. The zero-order valence-electron chi connectivity index (χ0n) is 12.3. The van der Waals surface area contributed by atoms with Crippen molar-refractivity contribution in [3.63, 3.8) is 0 Å². The van der Waals surface area contributed by atoms with Gasteiger partial charge in [-0.1, -0.05) is 13.0 Å². The number of esters is 1. The monoisotopic (exact) mass is 269 g/mol. The summed E-state index contributed by atoms with van der Waals surface area (Å²) in [5, 5.41) is 0. The second-order valence-electron chi connectivity index (χ2n) is 5.87. The van der Waals surface area contributed by atoms with Crippen molar-refractivity contribution < 1.29 is 19.1 Å². The molecular weight excluding hydrogens is 246 g/mol. The van der Waals surface area contributed by atoms with Gasteiger partial charge >= 0.3 is 12.1 Å². The Kier molecular flexibility index (Phi) is 4.61. The van der Waals surface area contributed by atoms with Crippen molar-refractivity contribution in [3.8, 4) is 0 Å². The number of hydrogen-bond acceptors (Lipinski definition) is 4. The van der Waals surface area contributed by atoms with Gasteiger partial charge in [-0.15, -0.1) is 6.58 Å². The molecule has 0 aromatic heterocycles. The number of amides is 1. The van der Waals surface area contributed by atoms with Crippen molar-refractivity contribution in [2.75, 3.05) is 7.11 Å². The fraction of sp³-hybridized carbons (Fsp3) is 0.714. The molecule has 1 amide bonds. The van der Waals surface area contributed by atoms with Gasteiger partial charge in [-0.05, 0) is 33.1 Å². The molecular formula is C14H23NO4. The van der Waals surface area contributed by atoms with E-state index in [1.807, 2.05) is 6.92 Å². The Morgan fingerprint density at radius 3 is 2.37 bits per heavy atom. The molecule has 19 heavy (non-hydrogen) atoms. The van der Waals surface area contributed by atoms with Crippen molar-refractivity contribution in [3.05, 3.63) is 12.7 Å². The van der Waals surface area contributed by atoms with Gasteiger partial charge in [0, 0.05) is 0 Å². The summed E-state index contributed by atoms with van der Waals surface area (Å²) in [6.07, 6.45) is 1.73. The third-order valence-electron chi connectivity index (χ3n) is 3.15. The fourth-order valence-corrected chi connectivity index (χ4v) is 2.34. The molecule has 0 aliphatic carbocycles. The van der Waals surface area contributed by atoms with Crippen molar-refractivity contribution >= 4 is 12.1 Å². The smallest absolute Gasteiger partial charge is 0.411 e. The van der Waals surface area contributed by atoms with E-state index in [2.05, 4.69) is 6.58 Å². The zero-order valence-corrected chi connectivity index (χ0v) is 12.3. The normalized spacial score (nSPS) is 27.0. The first-order valence-corrected chi connectivity index (χ1v) is 6.43. The summed E-state index contributed by atoms with van der Waals surface area (Å²) >= 11 is 0. The van der Waals surface area contributed by atoms with Gasteiger partial charge in [0.05, 0.1) is 13.2 Å². The average Bonchev–Trinajstić information content (AvgIpc) is 2.62. The van der Waals surface area contributed by atoms with E-state index >= 15 is 0 Å². The minimum atomic E-state index is -0.602. The predicted molar refractivity (Wildman–Crippen MR) is 71.6 cm³/mol. The lowest BCUT2D eigenvalue weighted by atomic mass is 10.0. The molecule has 108 valence electrons. The minimum Gasteiger partial charge on any atom is -0.467 e. The largest absolute Gasteiger partial charge is 0.467 e. The molecule has 1 aliphatic heterocycles. The van der Waals surface area contributed by atoms with Gasteiger partial charge in [-0.3, -0.25) is 4.90 Å². The second-order valence-corrected chi connectivity index (χ2v) is 5.87. The molecule has 0 bridgehead atoms. The van der Waals surface area contributed by atoms with E-state index in [-0.39, 0.29) is 12.0 Å². The Hall–Kier alpha value is -1.52. The predicted octanol–water partition coefficient (Wildman–Crippen LogP) is 2.36. The Morgan fingerprint density at radius 2 is 1.95 bits per heavy atom. The molecule has 1 saturated heterocycles. The summed E-state index contributed by atoms with van der Waals surface area (Å²) in [5.74, 6) is -0.267. The highest BCUT2D eigenvalue weighted by atomic mass is 16.6. The molecule has 1 aliphatic rings. The number of ether oxygens (including phenoxy) is 2. The van der Waals surface area contributed by atoms with E-state index in [1.54, 1.807) is 26.8 Å². The van der Waals surface area contributed by atoms with Crippen molar-refractivity contribution in [1.29, 1.82) is 0 Å². The number of likely N-dealkylation sites (tertiary alicyclic amines) is 1. The van der Waals surface area contributed by atoms with Crippen LogP contribution in [0.25, 0.3) is 0 Å². The van der Waals surface area contributed by atoms with Crippen LogP contribution in [-0.4, -0.2) is 41.8 Å². The maximum Gasteiger partial charge on any atom is 0.411 e. The first-order valence-electron chi connectivity index (χ1n) is 6.43. The summed E-state index contributed by atoms with van der Waals surface area (Å²) < 4.78 is 10.1. The number of rotatable bonds is 2. The van der Waals surface area contributed by atoms with E-state index in [0.717, 1.165) is 0 Å². The van der Waals surface area contributed by atoms with Crippen LogP contribution < -0.4 is 0 Å². The van der Waals surface area contributed by atoms with Crippen LogP contribution in [0.1, 0.15) is 34.1 Å². The molecule has 1 fully saturated rings. The number of nitrogens with zero attached hydrogens (tertiary/aromatic N) is 1. The van der Waals surface area contributed by atoms with E-state index in [9.17, 15) is 9.59 Å². The summed E-state index contributed by atoms with van der Waals surface area (Å²) in [6.45, 7) is 11.1. The summed E-state index contributed by atoms with van der Waals surface area (Å²) in [4.78, 5) is 25.5. The maximum atomic E-state index is 12.3. The molecule has 0 unspecified atom stereocenters. The zero-order chi connectivity index (χ0) is 14.8. The molecule has 1 heterocycles. The molecule has 1 rings (SSSR count). The molecule has 0 radical (unpaired) electrons. The molecule has 3 atom stereocenters. The first kappa shape index (κ1) is 15.5. The number of carbonyl (C=O) groups excluding carboxylic acids is 2. The average molecular weight is 269 g/mol. The lowest BCUT2D eigenvalue weighted by molar-refractivity contribution is -0.146. The fourth-order valence-electron chi connectivity index (χ4n) is 2.34. The van der Waals surface area contributed by atoms with Crippen LogP contribution >= 0.6 is 0 Å². The minimum absolute atomic E-state index is 0.147. The number of hydrogen-bond donors (Lipinski definition) is 0. The molecule has 0 spiro atoms. The third-order valence-corrected chi connectivity index (χ3v) is 3.15. The van der Waals surface area contributed by atoms with Crippen LogP contribution in [0.2, 0.25) is 0 Å². The first-order chi connectivity index (χ1) is 8.71. The Balaban J connectivity index is 2.98. The van der Waals surface area contributed by atoms with Crippen molar-refractivity contribution in [2.45, 2.75) is 51.8 Å². The highest BCUT2D eigenvalue weighted by Gasteiger charge is 2.46. The molecule has 5 nitrogen and oxygen atoms in total. The Morgan fingerprint density at radius 1 is 1.37 bits per heavy atom. The van der Waals surface area contributed by atoms with Crippen molar-refractivity contribution in [1.82, 2.24) is 4.90 Å². The van der Waals surface area contributed by atoms with Gasteiger partial charge in [-0.25, -0.2) is 9.59 Å². The molecule has 0 aromatic carbocycles. The second kappa shape index (κ2) is 5.63. The van der Waals surface area contributed by atoms with Gasteiger partial charge in [0.1, 0.15) is 11.6 Å². The number of methoxy groups -OCH3 is 1. The van der Waals surface area contributed by atoms with E-state index in [0.29, 0.717) is 6.42 Å². The lowest BCUT2D eigenvalue weighted by Gasteiger charge is -2.30. The van der Waals surface area contributed by atoms with Crippen LogP contribution in [0.3, 0.4) is 0 Å². The molecule has 0 N–H and O–H groups in total. The van der Waals surface area contributed by atoms with E-state index in [4.69, 9.17) is 9.47 Å². The van der Waals surface area contributed by atoms with Gasteiger partial charge < -0.3 is 9.47 Å². The highest BCUT2D eigenvalue weighted by Crippen LogP contribution is 2.32. The number of carbonyl (C=O) groups is 2. The third kappa shape index (κ3) is 3.49. The van der Waals surface area contributed by atoms with Crippen LogP contribution in [0.4, 0.5) is 4.79 Å². The van der Waals surface area contributed by atoms with Gasteiger partial charge in [0.2, 0.25) is 0 Å². The van der Waals surface area contributed by atoms with Crippen LogP contribution in [0.15, 0.2) is 12.7 Å². The van der Waals surface area contributed by atoms with E-state index in [1.165, 1.54) is 12.0 Å². The summed E-state index contributed by atoms with van der Waals surface area (Å²) in [6, 6.07) is -0.809. The topological polar surface area (TPSA) is 55.8 Å². The standard InChI is InChI=1S/C14H23NO4/c1-7-10-9(2)8-11(12(16)18-6)15(10)13(17)19-14(3,4)5/h7,9-11H,1,8H2,2-6H3/t9-,10-,11-/m1/s1. The Labute approximate surface area is 114 Å². The van der Waals surface area contributed by atoms with Crippen LogP contribution in [-0.2, 0) is 14.3 Å². The quantitative estimate of drug-likeness (QED) is 0.570. The van der Waals surface area contributed by atoms with Crippen molar-refractivity contribution in [2.24, 2.45) is 5.92 Å². The molecule has 5 heteroatoms. The molecule has 0 aromatic rings.